The lowest BCUT2D eigenvalue weighted by Gasteiger charge is -2.59. The van der Waals surface area contributed by atoms with Crippen LogP contribution in [0.4, 0.5) is 5.69 Å². The molecule has 1 aromatic rings. The highest BCUT2D eigenvalue weighted by molar-refractivity contribution is 5.96. The molecular formula is C22H31N3O2. The maximum atomic E-state index is 12.6. The molecule has 4 N–H and O–H groups in total. The molecule has 0 radical (unpaired) electrons. The molecule has 5 rings (SSSR count). The number of nitrogens with one attached hydrogen (secondary N) is 2. The van der Waals surface area contributed by atoms with E-state index in [1.807, 2.05) is 6.92 Å². The third-order valence-corrected chi connectivity index (χ3v) is 7.33. The van der Waals surface area contributed by atoms with Gasteiger partial charge >= 0.3 is 0 Å². The van der Waals surface area contributed by atoms with Gasteiger partial charge in [-0.2, -0.15) is 0 Å². The minimum absolute atomic E-state index is 0.0431. The van der Waals surface area contributed by atoms with Crippen molar-refractivity contribution in [3.63, 3.8) is 0 Å². The summed E-state index contributed by atoms with van der Waals surface area (Å²) in [6.07, 6.45) is 8.29. The largest absolute Gasteiger partial charge is 0.366 e. The van der Waals surface area contributed by atoms with Gasteiger partial charge in [0.2, 0.25) is 11.8 Å². The van der Waals surface area contributed by atoms with Crippen LogP contribution in [0.3, 0.4) is 0 Å². The predicted octanol–water partition coefficient (Wildman–Crippen LogP) is 3.31. The summed E-state index contributed by atoms with van der Waals surface area (Å²) in [5, 5.41) is 6.53. The molecule has 0 heterocycles. The van der Waals surface area contributed by atoms with Crippen LogP contribution in [0.2, 0.25) is 0 Å². The van der Waals surface area contributed by atoms with Gasteiger partial charge < -0.3 is 16.4 Å². The Morgan fingerprint density at radius 3 is 2.00 bits per heavy atom. The number of primary amides is 1. The van der Waals surface area contributed by atoms with Crippen LogP contribution in [0.15, 0.2) is 24.3 Å². The average Bonchev–Trinajstić information content (AvgIpc) is 2.60. The third-order valence-electron chi connectivity index (χ3n) is 7.33. The highest BCUT2D eigenvalue weighted by Crippen LogP contribution is 2.61. The zero-order valence-corrected chi connectivity index (χ0v) is 16.3. The molecule has 5 heteroatoms. The van der Waals surface area contributed by atoms with E-state index in [2.05, 4.69) is 17.6 Å². The third kappa shape index (κ3) is 3.62. The number of anilines is 1. The first-order valence-electron chi connectivity index (χ1n) is 10.3. The van der Waals surface area contributed by atoms with Crippen LogP contribution < -0.4 is 16.4 Å². The van der Waals surface area contributed by atoms with E-state index in [0.717, 1.165) is 17.8 Å². The van der Waals surface area contributed by atoms with Crippen LogP contribution >= 0.6 is 0 Å². The van der Waals surface area contributed by atoms with E-state index in [1.54, 1.807) is 24.3 Å². The molecule has 0 unspecified atom stereocenters. The van der Waals surface area contributed by atoms with Crippen LogP contribution in [0, 0.1) is 23.2 Å². The Hall–Kier alpha value is -1.88. The quantitative estimate of drug-likeness (QED) is 0.719. The van der Waals surface area contributed by atoms with Crippen molar-refractivity contribution < 1.29 is 9.59 Å². The van der Waals surface area contributed by atoms with Crippen LogP contribution in [0.25, 0.3) is 0 Å². The molecule has 2 amide bonds. The minimum atomic E-state index is -0.465. The molecule has 5 nitrogen and oxygen atoms in total. The van der Waals surface area contributed by atoms with Crippen molar-refractivity contribution in [2.75, 3.05) is 5.32 Å². The lowest BCUT2D eigenvalue weighted by atomic mass is 9.48. The monoisotopic (exact) mass is 369 g/mol. The van der Waals surface area contributed by atoms with E-state index in [0.29, 0.717) is 22.7 Å². The Balaban J connectivity index is 1.36. The fourth-order valence-corrected chi connectivity index (χ4v) is 6.30. The number of hydrogen-bond acceptors (Lipinski definition) is 3. The summed E-state index contributed by atoms with van der Waals surface area (Å²) >= 11 is 0. The molecule has 0 aromatic heterocycles. The average molecular weight is 370 g/mol. The zero-order valence-electron chi connectivity index (χ0n) is 16.3. The molecule has 146 valence electrons. The topological polar surface area (TPSA) is 84.2 Å². The van der Waals surface area contributed by atoms with Crippen molar-refractivity contribution in [2.45, 2.75) is 64.5 Å². The number of carbonyl (C=O) groups is 2. The van der Waals surface area contributed by atoms with Gasteiger partial charge in [0.25, 0.3) is 0 Å². The molecule has 4 aliphatic carbocycles. The predicted molar refractivity (Wildman–Crippen MR) is 106 cm³/mol. The van der Waals surface area contributed by atoms with Gasteiger partial charge in [0.1, 0.15) is 0 Å². The lowest BCUT2D eigenvalue weighted by Crippen LogP contribution is -2.57. The highest BCUT2D eigenvalue weighted by atomic mass is 16.2. The fraction of sp³-hybridized carbons (Fsp3) is 0.636. The normalized spacial score (nSPS) is 33.5. The van der Waals surface area contributed by atoms with Crippen LogP contribution in [-0.4, -0.2) is 23.9 Å². The van der Waals surface area contributed by atoms with Gasteiger partial charge in [-0.15, -0.1) is 0 Å². The molecule has 4 aliphatic rings. The minimum Gasteiger partial charge on any atom is -0.366 e. The van der Waals surface area contributed by atoms with E-state index in [1.165, 1.54) is 38.5 Å². The number of hydrogen-bond donors (Lipinski definition) is 3. The SMILES string of the molecule is C[C@H](N[C@H](C)C(=O)Nc1ccc(C(N)=O)cc1)C12CC3CC(CC(C3)C1)C2. The molecule has 0 saturated heterocycles. The first-order chi connectivity index (χ1) is 12.8. The van der Waals surface area contributed by atoms with Crippen LogP contribution in [0.5, 0.6) is 0 Å². The Labute approximate surface area is 161 Å². The molecule has 4 saturated carbocycles. The Bertz CT molecular complexity index is 692. The standard InChI is InChI=1S/C22H31N3O2/c1-13(21(27)25-19-5-3-18(4-6-19)20(23)26)24-14(2)22-10-15-7-16(11-22)9-17(8-15)12-22/h3-6,13-17,24H,7-12H2,1-2H3,(H2,23,26)(H,25,27)/t13-,14+,15?,16?,17?,22?/m1/s1. The molecule has 0 spiro atoms. The molecule has 4 bridgehead atoms. The smallest absolute Gasteiger partial charge is 0.248 e. The van der Waals surface area contributed by atoms with Crippen molar-refractivity contribution in [3.8, 4) is 0 Å². The summed E-state index contributed by atoms with van der Waals surface area (Å²) in [7, 11) is 0. The van der Waals surface area contributed by atoms with Crippen molar-refractivity contribution in [1.29, 1.82) is 0 Å². The number of rotatable bonds is 6. The Morgan fingerprint density at radius 2 is 1.52 bits per heavy atom. The van der Waals surface area contributed by atoms with Crippen molar-refractivity contribution >= 4 is 17.5 Å². The van der Waals surface area contributed by atoms with Gasteiger partial charge in [0.05, 0.1) is 6.04 Å². The van der Waals surface area contributed by atoms with Crippen molar-refractivity contribution in [3.05, 3.63) is 29.8 Å². The molecular weight excluding hydrogens is 338 g/mol. The summed E-state index contributed by atoms with van der Waals surface area (Å²) in [5.41, 5.74) is 6.76. The number of amides is 2. The maximum absolute atomic E-state index is 12.6. The summed E-state index contributed by atoms with van der Waals surface area (Å²) in [4.78, 5) is 23.8. The second-order valence-corrected chi connectivity index (χ2v) is 9.32. The number of benzene rings is 1. The van der Waals surface area contributed by atoms with Crippen molar-refractivity contribution in [1.82, 2.24) is 5.32 Å². The van der Waals surface area contributed by atoms with Crippen LogP contribution in [0.1, 0.15) is 62.7 Å². The van der Waals surface area contributed by atoms with Gasteiger partial charge in [-0.25, -0.2) is 0 Å². The molecule has 2 atom stereocenters. The van der Waals surface area contributed by atoms with E-state index in [4.69, 9.17) is 5.73 Å². The van der Waals surface area contributed by atoms with Crippen molar-refractivity contribution in [2.24, 2.45) is 28.9 Å². The van der Waals surface area contributed by atoms with Gasteiger partial charge in [-0.05, 0) is 99.8 Å². The van der Waals surface area contributed by atoms with E-state index < -0.39 is 5.91 Å². The lowest BCUT2D eigenvalue weighted by molar-refractivity contribution is -0.119. The summed E-state index contributed by atoms with van der Waals surface area (Å²) in [6.45, 7) is 4.21. The summed E-state index contributed by atoms with van der Waals surface area (Å²) in [5.74, 6) is 2.22. The van der Waals surface area contributed by atoms with Crippen LogP contribution in [-0.2, 0) is 4.79 Å². The summed E-state index contributed by atoms with van der Waals surface area (Å²) < 4.78 is 0. The molecule has 27 heavy (non-hydrogen) atoms. The Kier molecular flexibility index (Phi) is 4.75. The number of carbonyl (C=O) groups excluding carboxylic acids is 2. The first kappa shape index (κ1) is 18.5. The second kappa shape index (κ2) is 6.93. The van der Waals surface area contributed by atoms with Gasteiger partial charge in [-0.3, -0.25) is 9.59 Å². The van der Waals surface area contributed by atoms with E-state index >= 15 is 0 Å². The van der Waals surface area contributed by atoms with E-state index in [-0.39, 0.29) is 11.9 Å². The molecule has 1 aromatic carbocycles. The molecule has 4 fully saturated rings. The van der Waals surface area contributed by atoms with E-state index in [9.17, 15) is 9.59 Å². The zero-order chi connectivity index (χ0) is 19.2. The maximum Gasteiger partial charge on any atom is 0.248 e. The fourth-order valence-electron chi connectivity index (χ4n) is 6.30. The van der Waals surface area contributed by atoms with Gasteiger partial charge in [0.15, 0.2) is 0 Å². The highest BCUT2D eigenvalue weighted by Gasteiger charge is 2.53. The number of nitrogens with two attached hydrogens (primary N) is 1. The Morgan fingerprint density at radius 1 is 1.00 bits per heavy atom. The first-order valence-corrected chi connectivity index (χ1v) is 10.3. The molecule has 0 aliphatic heterocycles. The van der Waals surface area contributed by atoms with Gasteiger partial charge in [0, 0.05) is 17.3 Å². The summed E-state index contributed by atoms with van der Waals surface area (Å²) in [6, 6.07) is 6.79. The van der Waals surface area contributed by atoms with Gasteiger partial charge in [-0.1, -0.05) is 0 Å². The second-order valence-electron chi connectivity index (χ2n) is 9.32.